The summed E-state index contributed by atoms with van der Waals surface area (Å²) in [5.74, 6) is -0.774. The molecular weight excluding hydrogens is 284 g/mol. The van der Waals surface area contributed by atoms with Crippen LogP contribution in [0.3, 0.4) is 0 Å². The number of hydrogen-bond acceptors (Lipinski definition) is 3. The van der Waals surface area contributed by atoms with E-state index in [0.29, 0.717) is 18.7 Å². The highest BCUT2D eigenvalue weighted by Crippen LogP contribution is 2.25. The van der Waals surface area contributed by atoms with Gasteiger partial charge >= 0.3 is 0 Å². The Morgan fingerprint density at radius 3 is 2.65 bits per heavy atom. The number of rotatable bonds is 4. The van der Waals surface area contributed by atoms with Gasteiger partial charge in [0.1, 0.15) is 11.6 Å². The molecule has 1 fully saturated rings. The minimum atomic E-state index is -0.639. The van der Waals surface area contributed by atoms with Gasteiger partial charge in [-0.1, -0.05) is 17.8 Å². The summed E-state index contributed by atoms with van der Waals surface area (Å²) in [5.41, 5.74) is -0.0827. The van der Waals surface area contributed by atoms with Crippen molar-refractivity contribution in [3.8, 4) is 0 Å². The van der Waals surface area contributed by atoms with Crippen molar-refractivity contribution in [3.05, 3.63) is 35.4 Å². The molecule has 1 atom stereocenters. The first-order chi connectivity index (χ1) is 9.47. The molecule has 1 saturated heterocycles. The van der Waals surface area contributed by atoms with Gasteiger partial charge in [-0.15, -0.1) is 0 Å². The Morgan fingerprint density at radius 2 is 2.05 bits per heavy atom. The molecule has 1 amide bonds. The van der Waals surface area contributed by atoms with Crippen LogP contribution in [-0.4, -0.2) is 28.2 Å². The maximum Gasteiger partial charge on any atom is 0.223 e. The number of thioether (sulfide) groups is 1. The molecule has 2 rings (SSSR count). The van der Waals surface area contributed by atoms with Crippen LogP contribution in [0.15, 0.2) is 18.2 Å². The third kappa shape index (κ3) is 3.56. The summed E-state index contributed by atoms with van der Waals surface area (Å²) < 4.78 is 27.1. The summed E-state index contributed by atoms with van der Waals surface area (Å²) in [6.45, 7) is 1.86. The summed E-state index contributed by atoms with van der Waals surface area (Å²) in [4.78, 5) is 24.2. The van der Waals surface area contributed by atoms with E-state index in [9.17, 15) is 18.4 Å². The summed E-state index contributed by atoms with van der Waals surface area (Å²) in [5, 5.41) is 0.0102. The summed E-state index contributed by atoms with van der Waals surface area (Å²) in [6.07, 6.45) is 0.330. The van der Waals surface area contributed by atoms with E-state index >= 15 is 0 Å². The molecule has 20 heavy (non-hydrogen) atoms. The SMILES string of the molecule is CC(=O)SCC1CC(=O)N(Cc2c(F)cccc2F)C1. The van der Waals surface area contributed by atoms with Gasteiger partial charge in [0.15, 0.2) is 5.12 Å². The molecule has 0 bridgehead atoms. The highest BCUT2D eigenvalue weighted by atomic mass is 32.2. The lowest BCUT2D eigenvalue weighted by atomic mass is 10.1. The fraction of sp³-hybridized carbons (Fsp3) is 0.429. The highest BCUT2D eigenvalue weighted by Gasteiger charge is 2.30. The van der Waals surface area contributed by atoms with Crippen molar-refractivity contribution >= 4 is 22.8 Å². The molecule has 1 aliphatic heterocycles. The van der Waals surface area contributed by atoms with Gasteiger partial charge in [0, 0.05) is 31.2 Å². The quantitative estimate of drug-likeness (QED) is 0.857. The van der Waals surface area contributed by atoms with E-state index in [4.69, 9.17) is 0 Å². The number of carbonyl (C=O) groups is 2. The van der Waals surface area contributed by atoms with E-state index < -0.39 is 11.6 Å². The predicted octanol–water partition coefficient (Wildman–Crippen LogP) is 2.59. The number of carbonyl (C=O) groups excluding carboxylic acids is 2. The maximum absolute atomic E-state index is 13.6. The topological polar surface area (TPSA) is 37.4 Å². The van der Waals surface area contributed by atoms with E-state index in [1.807, 2.05) is 0 Å². The Morgan fingerprint density at radius 1 is 1.40 bits per heavy atom. The molecular formula is C14H15F2NO2S. The van der Waals surface area contributed by atoms with Crippen LogP contribution in [0.4, 0.5) is 8.78 Å². The number of likely N-dealkylation sites (tertiary alicyclic amines) is 1. The number of halogens is 2. The van der Waals surface area contributed by atoms with Gasteiger partial charge < -0.3 is 4.90 Å². The van der Waals surface area contributed by atoms with Crippen LogP contribution in [0.25, 0.3) is 0 Å². The zero-order valence-electron chi connectivity index (χ0n) is 11.1. The lowest BCUT2D eigenvalue weighted by molar-refractivity contribution is -0.128. The fourth-order valence-corrected chi connectivity index (χ4v) is 2.92. The number of amides is 1. The highest BCUT2D eigenvalue weighted by molar-refractivity contribution is 8.13. The molecule has 6 heteroatoms. The van der Waals surface area contributed by atoms with Crippen molar-refractivity contribution in [3.63, 3.8) is 0 Å². The molecule has 0 radical (unpaired) electrons. The van der Waals surface area contributed by atoms with Gasteiger partial charge in [-0.2, -0.15) is 0 Å². The Balaban J connectivity index is 2.00. The minimum absolute atomic E-state index is 0.0102. The Labute approximate surface area is 120 Å². The zero-order valence-corrected chi connectivity index (χ0v) is 11.9. The molecule has 0 aromatic heterocycles. The number of hydrogen-bond donors (Lipinski definition) is 0. The second-order valence-electron chi connectivity index (χ2n) is 4.85. The third-order valence-electron chi connectivity index (χ3n) is 3.23. The predicted molar refractivity (Wildman–Crippen MR) is 73.0 cm³/mol. The van der Waals surface area contributed by atoms with Crippen molar-refractivity contribution in [2.75, 3.05) is 12.3 Å². The monoisotopic (exact) mass is 299 g/mol. The van der Waals surface area contributed by atoms with Crippen LogP contribution < -0.4 is 0 Å². The van der Waals surface area contributed by atoms with Gasteiger partial charge in [-0.25, -0.2) is 8.78 Å². The van der Waals surface area contributed by atoms with Gasteiger partial charge in [-0.3, -0.25) is 9.59 Å². The molecule has 1 heterocycles. The molecule has 1 aromatic rings. The summed E-state index contributed by atoms with van der Waals surface area (Å²) >= 11 is 1.18. The Hall–Kier alpha value is -1.43. The molecule has 108 valence electrons. The van der Waals surface area contributed by atoms with Crippen molar-refractivity contribution in [2.45, 2.75) is 19.9 Å². The number of nitrogens with zero attached hydrogens (tertiary/aromatic N) is 1. The molecule has 1 aromatic carbocycles. The third-order valence-corrected chi connectivity index (χ3v) is 4.27. The van der Waals surface area contributed by atoms with Crippen LogP contribution in [0, 0.1) is 17.6 Å². The van der Waals surface area contributed by atoms with E-state index in [1.54, 1.807) is 0 Å². The first-order valence-electron chi connectivity index (χ1n) is 6.31. The molecule has 0 spiro atoms. The van der Waals surface area contributed by atoms with Crippen LogP contribution in [0.2, 0.25) is 0 Å². The Kier molecular flexibility index (Phi) is 4.75. The largest absolute Gasteiger partial charge is 0.338 e. The lowest BCUT2D eigenvalue weighted by Crippen LogP contribution is -2.26. The first kappa shape index (κ1) is 15.0. The average Bonchev–Trinajstić information content (AvgIpc) is 2.72. The molecule has 1 unspecified atom stereocenters. The second kappa shape index (κ2) is 6.35. The van der Waals surface area contributed by atoms with E-state index in [1.165, 1.54) is 41.8 Å². The van der Waals surface area contributed by atoms with Crippen molar-refractivity contribution in [1.29, 1.82) is 0 Å². The van der Waals surface area contributed by atoms with Crippen molar-refractivity contribution in [2.24, 2.45) is 5.92 Å². The zero-order chi connectivity index (χ0) is 14.7. The van der Waals surface area contributed by atoms with Crippen LogP contribution in [0.5, 0.6) is 0 Å². The standard InChI is InChI=1S/C14H15F2NO2S/c1-9(18)20-8-10-5-14(19)17(6-10)7-11-12(15)3-2-4-13(11)16/h2-4,10H,5-8H2,1H3. The van der Waals surface area contributed by atoms with Gasteiger partial charge in [0.05, 0.1) is 6.54 Å². The average molecular weight is 299 g/mol. The van der Waals surface area contributed by atoms with E-state index in [-0.39, 0.29) is 29.0 Å². The molecule has 3 nitrogen and oxygen atoms in total. The number of benzene rings is 1. The summed E-state index contributed by atoms with van der Waals surface area (Å²) in [7, 11) is 0. The van der Waals surface area contributed by atoms with Crippen LogP contribution in [-0.2, 0) is 16.1 Å². The lowest BCUT2D eigenvalue weighted by Gasteiger charge is -2.17. The second-order valence-corrected chi connectivity index (χ2v) is 6.04. The smallest absolute Gasteiger partial charge is 0.223 e. The minimum Gasteiger partial charge on any atom is -0.338 e. The molecule has 0 N–H and O–H groups in total. The molecule has 0 saturated carbocycles. The van der Waals surface area contributed by atoms with E-state index in [2.05, 4.69) is 0 Å². The maximum atomic E-state index is 13.6. The van der Waals surface area contributed by atoms with Crippen molar-refractivity contribution in [1.82, 2.24) is 4.90 Å². The normalized spacial score (nSPS) is 18.6. The first-order valence-corrected chi connectivity index (χ1v) is 7.30. The molecule has 0 aliphatic carbocycles. The van der Waals surface area contributed by atoms with Gasteiger partial charge in [-0.05, 0) is 18.1 Å². The fourth-order valence-electron chi connectivity index (χ4n) is 2.23. The van der Waals surface area contributed by atoms with E-state index in [0.717, 1.165) is 0 Å². The molecule has 1 aliphatic rings. The van der Waals surface area contributed by atoms with Crippen molar-refractivity contribution < 1.29 is 18.4 Å². The van der Waals surface area contributed by atoms with Gasteiger partial charge in [0.2, 0.25) is 5.91 Å². The van der Waals surface area contributed by atoms with Crippen LogP contribution in [0.1, 0.15) is 18.9 Å². The summed E-state index contributed by atoms with van der Waals surface area (Å²) in [6, 6.07) is 3.66. The Bertz CT molecular complexity index is 516. The van der Waals surface area contributed by atoms with Crippen LogP contribution >= 0.6 is 11.8 Å². The van der Waals surface area contributed by atoms with Gasteiger partial charge in [0.25, 0.3) is 0 Å².